The average molecular weight is 355 g/mol. The van der Waals surface area contributed by atoms with Gasteiger partial charge in [-0.15, -0.1) is 0 Å². The van der Waals surface area contributed by atoms with E-state index in [1.165, 1.54) is 6.20 Å². The summed E-state index contributed by atoms with van der Waals surface area (Å²) < 4.78 is 1.99. The number of hydrogen-bond acceptors (Lipinski definition) is 4. The summed E-state index contributed by atoms with van der Waals surface area (Å²) in [4.78, 5) is 28.8. The minimum absolute atomic E-state index is 0.140. The molecular formula is C20H25N3O3. The van der Waals surface area contributed by atoms with Gasteiger partial charge in [-0.05, 0) is 51.9 Å². The van der Waals surface area contributed by atoms with Gasteiger partial charge in [0.1, 0.15) is 5.56 Å². The van der Waals surface area contributed by atoms with Crippen molar-refractivity contribution in [3.05, 3.63) is 40.2 Å². The third kappa shape index (κ3) is 2.78. The van der Waals surface area contributed by atoms with E-state index in [9.17, 15) is 14.7 Å². The van der Waals surface area contributed by atoms with Crippen LogP contribution in [0.4, 0.5) is 5.69 Å². The number of carboxylic acids is 1. The van der Waals surface area contributed by atoms with Gasteiger partial charge in [0, 0.05) is 48.5 Å². The fourth-order valence-electron chi connectivity index (χ4n) is 3.96. The van der Waals surface area contributed by atoms with Crippen molar-refractivity contribution in [3.63, 3.8) is 0 Å². The third-order valence-electron chi connectivity index (χ3n) is 5.91. The van der Waals surface area contributed by atoms with Crippen LogP contribution in [0.15, 0.2) is 29.2 Å². The first-order valence-corrected chi connectivity index (χ1v) is 9.26. The zero-order chi connectivity index (χ0) is 18.6. The van der Waals surface area contributed by atoms with Crippen LogP contribution in [0, 0.1) is 0 Å². The second-order valence-corrected chi connectivity index (χ2v) is 7.79. The molecule has 0 amide bonds. The van der Waals surface area contributed by atoms with E-state index in [0.717, 1.165) is 37.1 Å². The van der Waals surface area contributed by atoms with Crippen LogP contribution in [-0.2, 0) is 0 Å². The summed E-state index contributed by atoms with van der Waals surface area (Å²) in [7, 11) is 2.16. The van der Waals surface area contributed by atoms with Gasteiger partial charge in [0.2, 0.25) is 5.43 Å². The van der Waals surface area contributed by atoms with Gasteiger partial charge in [0.25, 0.3) is 0 Å². The molecule has 2 heterocycles. The highest BCUT2D eigenvalue weighted by Crippen LogP contribution is 2.37. The summed E-state index contributed by atoms with van der Waals surface area (Å²) in [6.07, 6.45) is 3.59. The lowest BCUT2D eigenvalue weighted by atomic mass is 10.1. The Hall–Kier alpha value is -2.34. The predicted octanol–water partition coefficient (Wildman–Crippen LogP) is 2.56. The molecule has 1 N–H and O–H groups in total. The molecule has 1 saturated carbocycles. The van der Waals surface area contributed by atoms with Gasteiger partial charge >= 0.3 is 5.97 Å². The third-order valence-corrected chi connectivity index (χ3v) is 5.91. The van der Waals surface area contributed by atoms with E-state index in [0.29, 0.717) is 23.5 Å². The minimum Gasteiger partial charge on any atom is -0.477 e. The summed E-state index contributed by atoms with van der Waals surface area (Å²) in [6.45, 7) is 6.33. The molecule has 4 rings (SSSR count). The van der Waals surface area contributed by atoms with Crippen molar-refractivity contribution in [1.82, 2.24) is 9.47 Å². The van der Waals surface area contributed by atoms with Crippen molar-refractivity contribution >= 4 is 22.6 Å². The average Bonchev–Trinajstić information content (AvgIpc) is 3.44. The van der Waals surface area contributed by atoms with Gasteiger partial charge in [-0.25, -0.2) is 4.79 Å². The lowest BCUT2D eigenvalue weighted by molar-refractivity contribution is 0.0695. The molecule has 2 aliphatic rings. The topological polar surface area (TPSA) is 65.8 Å². The van der Waals surface area contributed by atoms with E-state index in [1.54, 1.807) is 6.07 Å². The molecule has 2 fully saturated rings. The quantitative estimate of drug-likeness (QED) is 0.917. The second kappa shape index (κ2) is 6.13. The Kier molecular flexibility index (Phi) is 4.03. The monoisotopic (exact) mass is 355 g/mol. The van der Waals surface area contributed by atoms with Gasteiger partial charge in [-0.1, -0.05) is 0 Å². The van der Waals surface area contributed by atoms with Crippen molar-refractivity contribution in [1.29, 1.82) is 0 Å². The van der Waals surface area contributed by atoms with Crippen LogP contribution >= 0.6 is 0 Å². The number of carboxylic acid groups (broad SMARTS) is 1. The molecule has 1 saturated heterocycles. The Morgan fingerprint density at radius 2 is 1.81 bits per heavy atom. The van der Waals surface area contributed by atoms with E-state index >= 15 is 0 Å². The Balaban J connectivity index is 1.82. The van der Waals surface area contributed by atoms with Crippen LogP contribution in [0.2, 0.25) is 0 Å². The van der Waals surface area contributed by atoms with Gasteiger partial charge in [-0.3, -0.25) is 9.69 Å². The number of rotatable bonds is 3. The molecule has 26 heavy (non-hydrogen) atoms. The van der Waals surface area contributed by atoms with Crippen LogP contribution < -0.4 is 10.3 Å². The second-order valence-electron chi connectivity index (χ2n) is 7.79. The number of piperazine rings is 1. The molecule has 2 aromatic rings. The molecule has 1 aromatic heterocycles. The summed E-state index contributed by atoms with van der Waals surface area (Å²) in [5.41, 5.74) is 1.41. The number of aromatic carboxylic acids is 1. The number of pyridine rings is 1. The number of aromatic nitrogens is 1. The molecule has 0 radical (unpaired) electrons. The lowest BCUT2D eigenvalue weighted by Crippen LogP contribution is -2.55. The zero-order valence-electron chi connectivity index (χ0n) is 15.5. The maximum Gasteiger partial charge on any atom is 0.341 e. The maximum atomic E-state index is 12.6. The van der Waals surface area contributed by atoms with Gasteiger partial charge in [0.05, 0.1) is 5.52 Å². The minimum atomic E-state index is -1.16. The van der Waals surface area contributed by atoms with Crippen molar-refractivity contribution in [2.75, 3.05) is 25.0 Å². The summed E-state index contributed by atoms with van der Waals surface area (Å²) in [5, 5.41) is 9.86. The van der Waals surface area contributed by atoms with E-state index < -0.39 is 11.4 Å². The maximum absolute atomic E-state index is 12.6. The highest BCUT2D eigenvalue weighted by Gasteiger charge is 2.29. The molecule has 2 unspecified atom stereocenters. The van der Waals surface area contributed by atoms with Crippen LogP contribution in [-0.4, -0.2) is 52.8 Å². The van der Waals surface area contributed by atoms with Crippen molar-refractivity contribution in [2.45, 2.75) is 44.8 Å². The Bertz CT molecular complexity index is 920. The number of benzene rings is 1. The van der Waals surface area contributed by atoms with Crippen molar-refractivity contribution < 1.29 is 9.90 Å². The molecule has 138 valence electrons. The zero-order valence-corrected chi connectivity index (χ0v) is 15.5. The first-order chi connectivity index (χ1) is 12.4. The summed E-state index contributed by atoms with van der Waals surface area (Å²) in [6, 6.07) is 7.02. The first kappa shape index (κ1) is 17.1. The molecule has 1 aliphatic carbocycles. The fourth-order valence-corrected chi connectivity index (χ4v) is 3.96. The van der Waals surface area contributed by atoms with E-state index in [-0.39, 0.29) is 5.56 Å². The Morgan fingerprint density at radius 3 is 2.38 bits per heavy atom. The standard InChI is InChI=1S/C20H25N3O3/c1-12-9-22(10-13(2)21(12)3)15-6-7-16-18(8-15)23(14-4-5-14)11-17(19(16)24)20(25)26/h6-8,11-14H,4-5,9-10H2,1-3H3,(H,25,26). The number of fused-ring (bicyclic) bond motifs is 1. The molecule has 0 bridgehead atoms. The molecule has 0 spiro atoms. The molecule has 2 atom stereocenters. The largest absolute Gasteiger partial charge is 0.477 e. The van der Waals surface area contributed by atoms with Crippen LogP contribution in [0.5, 0.6) is 0 Å². The number of carbonyl (C=O) groups is 1. The smallest absolute Gasteiger partial charge is 0.341 e. The van der Waals surface area contributed by atoms with Crippen molar-refractivity contribution in [2.24, 2.45) is 0 Å². The fraction of sp³-hybridized carbons (Fsp3) is 0.500. The van der Waals surface area contributed by atoms with Gasteiger partial charge in [0.15, 0.2) is 0 Å². The molecule has 6 nitrogen and oxygen atoms in total. The molecular weight excluding hydrogens is 330 g/mol. The first-order valence-electron chi connectivity index (χ1n) is 9.26. The van der Waals surface area contributed by atoms with Gasteiger partial charge in [-0.2, -0.15) is 0 Å². The van der Waals surface area contributed by atoms with Crippen LogP contribution in [0.3, 0.4) is 0 Å². The number of likely N-dealkylation sites (N-methyl/N-ethyl adjacent to an activating group) is 1. The SMILES string of the molecule is CC1CN(c2ccc3c(=O)c(C(=O)O)cn(C4CC4)c3c2)CC(C)N1C. The van der Waals surface area contributed by atoms with Gasteiger partial charge < -0.3 is 14.6 Å². The highest BCUT2D eigenvalue weighted by atomic mass is 16.4. The Labute approximate surface area is 152 Å². The Morgan fingerprint density at radius 1 is 1.15 bits per heavy atom. The molecule has 6 heteroatoms. The number of hydrogen-bond donors (Lipinski definition) is 1. The summed E-state index contributed by atoms with van der Waals surface area (Å²) in [5.74, 6) is -1.16. The van der Waals surface area contributed by atoms with Crippen molar-refractivity contribution in [3.8, 4) is 0 Å². The highest BCUT2D eigenvalue weighted by molar-refractivity contribution is 5.93. The number of anilines is 1. The molecule has 1 aliphatic heterocycles. The van der Waals surface area contributed by atoms with Crippen LogP contribution in [0.25, 0.3) is 10.9 Å². The predicted molar refractivity (Wildman–Crippen MR) is 102 cm³/mol. The van der Waals surface area contributed by atoms with E-state index in [4.69, 9.17) is 0 Å². The number of nitrogens with zero attached hydrogens (tertiary/aromatic N) is 3. The lowest BCUT2D eigenvalue weighted by Gasteiger charge is -2.43. The molecule has 1 aromatic carbocycles. The van der Waals surface area contributed by atoms with E-state index in [1.807, 2.05) is 10.6 Å². The van der Waals surface area contributed by atoms with E-state index in [2.05, 4.69) is 36.8 Å². The van der Waals surface area contributed by atoms with Crippen LogP contribution in [0.1, 0.15) is 43.1 Å². The summed E-state index contributed by atoms with van der Waals surface area (Å²) >= 11 is 0. The normalized spacial score (nSPS) is 24.2.